The molecule has 2 fully saturated rings. The average molecular weight is 154 g/mol. The van der Waals surface area contributed by atoms with Gasteiger partial charge in [0.25, 0.3) is 0 Å². The Morgan fingerprint density at radius 3 is 2.64 bits per heavy atom. The lowest BCUT2D eigenvalue weighted by Crippen LogP contribution is -2.33. The van der Waals surface area contributed by atoms with Crippen LogP contribution in [0.2, 0.25) is 0 Å². The summed E-state index contributed by atoms with van der Waals surface area (Å²) in [5, 5.41) is 2.79. The minimum absolute atomic E-state index is 0.362. The number of nitrogens with two attached hydrogens (primary N) is 1. The molecule has 1 atom stereocenters. The van der Waals surface area contributed by atoms with Gasteiger partial charge in [0.05, 0.1) is 0 Å². The smallest absolute Gasteiger partial charge is 0.312 e. The van der Waals surface area contributed by atoms with E-state index in [9.17, 15) is 4.79 Å². The summed E-state index contributed by atoms with van der Waals surface area (Å²) in [6.45, 7) is 0. The van der Waals surface area contributed by atoms with Crippen LogP contribution in [0.15, 0.2) is 0 Å². The standard InChI is InChI=1S/C8H14N2O/c9-7(11)10-6-5-8(6)3-1-2-4-8/h6H,1-5H2,(H3,9,10,11). The Balaban J connectivity index is 1.88. The fraction of sp³-hybridized carbons (Fsp3) is 0.875. The van der Waals surface area contributed by atoms with Crippen molar-refractivity contribution in [1.82, 2.24) is 5.32 Å². The molecule has 1 unspecified atom stereocenters. The fourth-order valence-corrected chi connectivity index (χ4v) is 2.36. The van der Waals surface area contributed by atoms with E-state index >= 15 is 0 Å². The van der Waals surface area contributed by atoms with Crippen LogP contribution in [0, 0.1) is 5.41 Å². The summed E-state index contributed by atoms with van der Waals surface area (Å²) in [5.74, 6) is 0. The summed E-state index contributed by atoms with van der Waals surface area (Å²) in [6.07, 6.45) is 6.40. The Morgan fingerprint density at radius 1 is 1.45 bits per heavy atom. The normalized spacial score (nSPS) is 32.2. The zero-order valence-corrected chi connectivity index (χ0v) is 6.60. The number of carbonyl (C=O) groups is 1. The highest BCUT2D eigenvalue weighted by Crippen LogP contribution is 2.57. The highest BCUT2D eigenvalue weighted by molar-refractivity contribution is 5.72. The van der Waals surface area contributed by atoms with Crippen molar-refractivity contribution in [1.29, 1.82) is 0 Å². The summed E-state index contributed by atoms with van der Waals surface area (Å²) in [5.41, 5.74) is 5.52. The van der Waals surface area contributed by atoms with Crippen LogP contribution < -0.4 is 11.1 Å². The number of primary amides is 1. The van der Waals surface area contributed by atoms with Crippen LogP contribution in [-0.4, -0.2) is 12.1 Å². The number of nitrogens with one attached hydrogen (secondary N) is 1. The molecule has 0 aromatic carbocycles. The molecular weight excluding hydrogens is 140 g/mol. The van der Waals surface area contributed by atoms with Gasteiger partial charge in [-0.1, -0.05) is 12.8 Å². The molecule has 2 rings (SSSR count). The van der Waals surface area contributed by atoms with E-state index in [0.29, 0.717) is 11.5 Å². The predicted octanol–water partition coefficient (Wildman–Crippen LogP) is 0.987. The van der Waals surface area contributed by atoms with Crippen LogP contribution in [0.25, 0.3) is 0 Å². The molecule has 2 aliphatic carbocycles. The van der Waals surface area contributed by atoms with Crippen molar-refractivity contribution < 1.29 is 4.79 Å². The van der Waals surface area contributed by atoms with E-state index < -0.39 is 0 Å². The first-order valence-electron chi connectivity index (χ1n) is 4.29. The van der Waals surface area contributed by atoms with E-state index in [4.69, 9.17) is 5.73 Å². The largest absolute Gasteiger partial charge is 0.352 e. The fourth-order valence-electron chi connectivity index (χ4n) is 2.36. The van der Waals surface area contributed by atoms with Crippen LogP contribution >= 0.6 is 0 Å². The molecule has 0 heterocycles. The zero-order valence-electron chi connectivity index (χ0n) is 6.60. The van der Waals surface area contributed by atoms with Crippen LogP contribution in [0.4, 0.5) is 4.79 Å². The molecular formula is C8H14N2O. The van der Waals surface area contributed by atoms with Crippen LogP contribution in [0.5, 0.6) is 0 Å². The van der Waals surface area contributed by atoms with Gasteiger partial charge in [0, 0.05) is 6.04 Å². The highest BCUT2D eigenvalue weighted by atomic mass is 16.2. The van der Waals surface area contributed by atoms with E-state index in [0.717, 1.165) is 6.42 Å². The second-order valence-corrected chi connectivity index (χ2v) is 3.83. The van der Waals surface area contributed by atoms with Crippen molar-refractivity contribution in [2.45, 2.75) is 38.1 Å². The molecule has 0 aromatic rings. The number of hydrogen-bond acceptors (Lipinski definition) is 1. The molecule has 11 heavy (non-hydrogen) atoms. The predicted molar refractivity (Wildman–Crippen MR) is 42.0 cm³/mol. The van der Waals surface area contributed by atoms with Crippen LogP contribution in [0.3, 0.4) is 0 Å². The van der Waals surface area contributed by atoms with Gasteiger partial charge in [-0.3, -0.25) is 0 Å². The zero-order chi connectivity index (χ0) is 7.90. The van der Waals surface area contributed by atoms with E-state index in [2.05, 4.69) is 5.32 Å². The molecule has 0 radical (unpaired) electrons. The number of carbonyl (C=O) groups excluding carboxylic acids is 1. The molecule has 3 N–H and O–H groups in total. The van der Waals surface area contributed by atoms with Crippen molar-refractivity contribution in [2.24, 2.45) is 11.1 Å². The molecule has 3 heteroatoms. The van der Waals surface area contributed by atoms with Crippen molar-refractivity contribution >= 4 is 6.03 Å². The number of amides is 2. The molecule has 2 amide bonds. The van der Waals surface area contributed by atoms with Gasteiger partial charge in [-0.15, -0.1) is 0 Å². The van der Waals surface area contributed by atoms with Gasteiger partial charge in [0.2, 0.25) is 0 Å². The van der Waals surface area contributed by atoms with E-state index in [1.165, 1.54) is 25.7 Å². The average Bonchev–Trinajstić information content (AvgIpc) is 2.43. The van der Waals surface area contributed by atoms with Gasteiger partial charge < -0.3 is 11.1 Å². The second-order valence-electron chi connectivity index (χ2n) is 3.83. The van der Waals surface area contributed by atoms with Gasteiger partial charge in [-0.2, -0.15) is 0 Å². The molecule has 62 valence electrons. The minimum atomic E-state index is -0.362. The summed E-state index contributed by atoms with van der Waals surface area (Å²) < 4.78 is 0. The summed E-state index contributed by atoms with van der Waals surface area (Å²) in [6, 6.07) is 0.0428. The van der Waals surface area contributed by atoms with Crippen molar-refractivity contribution in [3.63, 3.8) is 0 Å². The Bertz CT molecular complexity index is 185. The lowest BCUT2D eigenvalue weighted by atomic mass is 10.1. The number of hydrogen-bond donors (Lipinski definition) is 2. The Kier molecular flexibility index (Phi) is 1.34. The quantitative estimate of drug-likeness (QED) is 0.581. The first kappa shape index (κ1) is 6.95. The SMILES string of the molecule is NC(=O)NC1CC12CCCC2. The Morgan fingerprint density at radius 2 is 2.09 bits per heavy atom. The third-order valence-corrected chi connectivity index (χ3v) is 3.11. The first-order valence-corrected chi connectivity index (χ1v) is 4.29. The van der Waals surface area contributed by atoms with Gasteiger partial charge in [0.1, 0.15) is 0 Å². The summed E-state index contributed by atoms with van der Waals surface area (Å²) >= 11 is 0. The monoisotopic (exact) mass is 154 g/mol. The van der Waals surface area contributed by atoms with Crippen molar-refractivity contribution in [2.75, 3.05) is 0 Å². The Hall–Kier alpha value is -0.730. The second kappa shape index (κ2) is 2.13. The van der Waals surface area contributed by atoms with Gasteiger partial charge in [0.15, 0.2) is 0 Å². The van der Waals surface area contributed by atoms with E-state index in [1.807, 2.05) is 0 Å². The Labute approximate surface area is 66.3 Å². The molecule has 0 aromatic heterocycles. The third kappa shape index (κ3) is 1.08. The molecule has 1 spiro atoms. The maximum absolute atomic E-state index is 10.5. The molecule has 0 aliphatic heterocycles. The van der Waals surface area contributed by atoms with Crippen LogP contribution in [-0.2, 0) is 0 Å². The van der Waals surface area contributed by atoms with E-state index in [1.54, 1.807) is 0 Å². The van der Waals surface area contributed by atoms with Crippen molar-refractivity contribution in [3.05, 3.63) is 0 Å². The molecule has 3 nitrogen and oxygen atoms in total. The van der Waals surface area contributed by atoms with Gasteiger partial charge in [-0.25, -0.2) is 4.79 Å². The molecule has 0 saturated heterocycles. The third-order valence-electron chi connectivity index (χ3n) is 3.11. The van der Waals surface area contributed by atoms with Gasteiger partial charge in [-0.05, 0) is 24.7 Å². The molecule has 2 saturated carbocycles. The number of rotatable bonds is 1. The summed E-state index contributed by atoms with van der Waals surface area (Å²) in [7, 11) is 0. The van der Waals surface area contributed by atoms with Crippen molar-refractivity contribution in [3.8, 4) is 0 Å². The van der Waals surface area contributed by atoms with E-state index in [-0.39, 0.29) is 6.03 Å². The molecule has 0 bridgehead atoms. The maximum Gasteiger partial charge on any atom is 0.312 e. The minimum Gasteiger partial charge on any atom is -0.352 e. The summed E-state index contributed by atoms with van der Waals surface area (Å²) in [4.78, 5) is 10.5. The number of urea groups is 1. The lowest BCUT2D eigenvalue weighted by molar-refractivity contribution is 0.247. The van der Waals surface area contributed by atoms with Crippen LogP contribution in [0.1, 0.15) is 32.1 Å². The first-order chi connectivity index (χ1) is 5.23. The molecule has 2 aliphatic rings. The topological polar surface area (TPSA) is 55.1 Å². The highest BCUT2D eigenvalue weighted by Gasteiger charge is 2.55. The maximum atomic E-state index is 10.5. The lowest BCUT2D eigenvalue weighted by Gasteiger charge is -2.06. The van der Waals surface area contributed by atoms with Gasteiger partial charge >= 0.3 is 6.03 Å².